The maximum atomic E-state index is 13.4. The number of ether oxygens (including phenoxy) is 1. The standard InChI is InChI=1S/C29H31NO5/c1-28(2)21-29(13-16-35-28,25-7-4-3-5-8-25)12-14-30(27(33)26-9-6-15-34-26)18-22-10-11-23(19-31)24(17-22)20-32/h3-11,15,17,19-20H,12-14,16,18,21H2,1-2H3. The van der Waals surface area contributed by atoms with E-state index in [1.807, 2.05) is 6.07 Å². The van der Waals surface area contributed by atoms with Crippen molar-refractivity contribution in [3.8, 4) is 0 Å². The number of hydrogen-bond donors (Lipinski definition) is 0. The van der Waals surface area contributed by atoms with Crippen LogP contribution in [0.2, 0.25) is 0 Å². The molecular weight excluding hydrogens is 442 g/mol. The zero-order valence-electron chi connectivity index (χ0n) is 20.2. The number of rotatable bonds is 9. The van der Waals surface area contributed by atoms with Gasteiger partial charge in [-0.25, -0.2) is 0 Å². The smallest absolute Gasteiger partial charge is 0.289 e. The summed E-state index contributed by atoms with van der Waals surface area (Å²) in [7, 11) is 0. The van der Waals surface area contributed by atoms with Gasteiger partial charge in [-0.3, -0.25) is 14.4 Å². The topological polar surface area (TPSA) is 76.8 Å². The molecule has 0 radical (unpaired) electrons. The summed E-state index contributed by atoms with van der Waals surface area (Å²) in [6.45, 7) is 5.68. The van der Waals surface area contributed by atoms with Gasteiger partial charge >= 0.3 is 0 Å². The Morgan fingerprint density at radius 1 is 1.00 bits per heavy atom. The SMILES string of the molecule is CC1(C)CC(CCN(Cc2ccc(C=O)c(C=O)c2)C(=O)c2ccco2)(c2ccccc2)CCO1. The van der Waals surface area contributed by atoms with Gasteiger partial charge in [0.15, 0.2) is 18.3 Å². The second kappa shape index (κ2) is 10.4. The number of carbonyl (C=O) groups excluding carboxylic acids is 3. The number of carbonyl (C=O) groups is 3. The van der Waals surface area contributed by atoms with Crippen LogP contribution in [0.25, 0.3) is 0 Å². The lowest BCUT2D eigenvalue weighted by Crippen LogP contribution is -2.46. The van der Waals surface area contributed by atoms with Gasteiger partial charge in [-0.1, -0.05) is 42.5 Å². The first-order chi connectivity index (χ1) is 16.9. The third-order valence-corrected chi connectivity index (χ3v) is 6.88. The minimum atomic E-state index is -0.270. The average molecular weight is 474 g/mol. The average Bonchev–Trinajstić information content (AvgIpc) is 3.41. The van der Waals surface area contributed by atoms with E-state index < -0.39 is 0 Å². The quantitative estimate of drug-likeness (QED) is 0.386. The molecule has 1 unspecified atom stereocenters. The van der Waals surface area contributed by atoms with Gasteiger partial charge in [0.25, 0.3) is 5.91 Å². The van der Waals surface area contributed by atoms with Gasteiger partial charge in [0.05, 0.1) is 11.9 Å². The molecule has 2 heterocycles. The summed E-state index contributed by atoms with van der Waals surface area (Å²) in [4.78, 5) is 37.9. The Bertz CT molecular complexity index is 1170. The van der Waals surface area contributed by atoms with Crippen molar-refractivity contribution in [3.05, 3.63) is 94.9 Å². The number of furan rings is 1. The van der Waals surface area contributed by atoms with Crippen LogP contribution in [0.15, 0.2) is 71.3 Å². The highest BCUT2D eigenvalue weighted by Crippen LogP contribution is 2.44. The molecule has 1 aliphatic rings. The third kappa shape index (κ3) is 5.60. The van der Waals surface area contributed by atoms with Gasteiger partial charge in [-0.05, 0) is 62.4 Å². The molecule has 35 heavy (non-hydrogen) atoms. The van der Waals surface area contributed by atoms with E-state index in [0.29, 0.717) is 43.4 Å². The van der Waals surface area contributed by atoms with Crippen LogP contribution in [-0.2, 0) is 16.7 Å². The minimum Gasteiger partial charge on any atom is -0.459 e. The van der Waals surface area contributed by atoms with Crippen LogP contribution in [0.5, 0.6) is 0 Å². The largest absolute Gasteiger partial charge is 0.459 e. The van der Waals surface area contributed by atoms with Crippen molar-refractivity contribution in [3.63, 3.8) is 0 Å². The molecule has 182 valence electrons. The fourth-order valence-electron chi connectivity index (χ4n) is 5.18. The van der Waals surface area contributed by atoms with E-state index in [0.717, 1.165) is 24.8 Å². The molecule has 0 N–H and O–H groups in total. The van der Waals surface area contributed by atoms with Crippen LogP contribution < -0.4 is 0 Å². The Balaban J connectivity index is 1.64. The number of benzene rings is 2. The van der Waals surface area contributed by atoms with E-state index in [-0.39, 0.29) is 22.7 Å². The fourth-order valence-corrected chi connectivity index (χ4v) is 5.18. The molecule has 1 atom stereocenters. The first-order valence-corrected chi connectivity index (χ1v) is 11.9. The summed E-state index contributed by atoms with van der Waals surface area (Å²) in [5.41, 5.74) is 2.27. The Kier molecular flexibility index (Phi) is 7.31. The van der Waals surface area contributed by atoms with Crippen molar-refractivity contribution >= 4 is 18.5 Å². The Labute approximate surface area is 205 Å². The van der Waals surface area contributed by atoms with Crippen LogP contribution in [0.3, 0.4) is 0 Å². The van der Waals surface area contributed by atoms with E-state index in [2.05, 4.69) is 38.1 Å². The molecule has 6 nitrogen and oxygen atoms in total. The summed E-state index contributed by atoms with van der Waals surface area (Å²) in [6.07, 6.45) is 5.28. The van der Waals surface area contributed by atoms with Gasteiger partial charge in [-0.2, -0.15) is 0 Å². The summed E-state index contributed by atoms with van der Waals surface area (Å²) < 4.78 is 11.5. The van der Waals surface area contributed by atoms with Gasteiger partial charge in [0.1, 0.15) is 0 Å². The van der Waals surface area contributed by atoms with Gasteiger partial charge in [-0.15, -0.1) is 0 Å². The van der Waals surface area contributed by atoms with Crippen molar-refractivity contribution < 1.29 is 23.5 Å². The third-order valence-electron chi connectivity index (χ3n) is 6.88. The molecule has 4 rings (SSSR count). The maximum Gasteiger partial charge on any atom is 0.289 e. The summed E-state index contributed by atoms with van der Waals surface area (Å²) in [5, 5.41) is 0. The lowest BCUT2D eigenvalue weighted by atomic mass is 9.67. The summed E-state index contributed by atoms with van der Waals surface area (Å²) >= 11 is 0. The number of nitrogens with zero attached hydrogens (tertiary/aromatic N) is 1. The second-order valence-electron chi connectivity index (χ2n) is 9.83. The van der Waals surface area contributed by atoms with Gasteiger partial charge in [0, 0.05) is 36.2 Å². The van der Waals surface area contributed by atoms with Crippen molar-refractivity contribution in [2.45, 2.75) is 50.7 Å². The predicted molar refractivity (Wildman–Crippen MR) is 133 cm³/mol. The molecule has 0 spiro atoms. The molecular formula is C29H31NO5. The number of hydrogen-bond acceptors (Lipinski definition) is 5. The Hall–Kier alpha value is -3.51. The van der Waals surface area contributed by atoms with Crippen molar-refractivity contribution in [1.82, 2.24) is 4.90 Å². The highest BCUT2D eigenvalue weighted by Gasteiger charge is 2.42. The van der Waals surface area contributed by atoms with E-state index >= 15 is 0 Å². The Morgan fingerprint density at radius 3 is 2.43 bits per heavy atom. The predicted octanol–water partition coefficient (Wildman–Crippen LogP) is 5.46. The molecule has 0 saturated carbocycles. The molecule has 1 aliphatic heterocycles. The van der Waals surface area contributed by atoms with Crippen LogP contribution in [0, 0.1) is 0 Å². The van der Waals surface area contributed by atoms with E-state index in [1.54, 1.807) is 35.2 Å². The zero-order valence-corrected chi connectivity index (χ0v) is 20.2. The molecule has 2 aromatic carbocycles. The van der Waals surface area contributed by atoms with Crippen LogP contribution in [-0.4, -0.2) is 42.1 Å². The Morgan fingerprint density at radius 2 is 1.77 bits per heavy atom. The van der Waals surface area contributed by atoms with E-state index in [1.165, 1.54) is 11.8 Å². The first kappa shape index (κ1) is 24.6. The normalized spacial score (nSPS) is 19.1. The molecule has 3 aromatic rings. The second-order valence-corrected chi connectivity index (χ2v) is 9.83. The highest BCUT2D eigenvalue weighted by atomic mass is 16.5. The van der Waals surface area contributed by atoms with Gasteiger partial charge in [0.2, 0.25) is 0 Å². The van der Waals surface area contributed by atoms with Crippen LogP contribution in [0.4, 0.5) is 0 Å². The molecule has 1 amide bonds. The van der Waals surface area contributed by atoms with Crippen LogP contribution in [0.1, 0.15) is 75.5 Å². The van der Waals surface area contributed by atoms with Crippen molar-refractivity contribution in [1.29, 1.82) is 0 Å². The lowest BCUT2D eigenvalue weighted by Gasteiger charge is -2.46. The van der Waals surface area contributed by atoms with Crippen molar-refractivity contribution in [2.24, 2.45) is 0 Å². The lowest BCUT2D eigenvalue weighted by molar-refractivity contribution is -0.0850. The van der Waals surface area contributed by atoms with Crippen LogP contribution >= 0.6 is 0 Å². The van der Waals surface area contributed by atoms with E-state index in [9.17, 15) is 14.4 Å². The van der Waals surface area contributed by atoms with Crippen molar-refractivity contribution in [2.75, 3.05) is 13.2 Å². The maximum absolute atomic E-state index is 13.4. The fraction of sp³-hybridized carbons (Fsp3) is 0.345. The summed E-state index contributed by atoms with van der Waals surface area (Å²) in [6, 6.07) is 18.9. The first-order valence-electron chi connectivity index (χ1n) is 11.9. The minimum absolute atomic E-state index is 0.139. The number of amides is 1. The molecule has 1 saturated heterocycles. The molecule has 1 fully saturated rings. The van der Waals surface area contributed by atoms with Gasteiger partial charge < -0.3 is 14.1 Å². The molecule has 6 heteroatoms. The zero-order chi connectivity index (χ0) is 24.9. The summed E-state index contributed by atoms with van der Waals surface area (Å²) in [5.74, 6) is 0.0582. The monoisotopic (exact) mass is 473 g/mol. The highest BCUT2D eigenvalue weighted by molar-refractivity contribution is 5.92. The molecule has 1 aromatic heterocycles. The van der Waals surface area contributed by atoms with E-state index in [4.69, 9.17) is 9.15 Å². The number of aldehydes is 2. The molecule has 0 bridgehead atoms. The molecule has 0 aliphatic carbocycles.